The predicted molar refractivity (Wildman–Crippen MR) is 37.4 cm³/mol. The first-order chi connectivity index (χ1) is 5.04. The molecule has 0 amide bonds. The molecule has 0 aliphatic heterocycles. The normalized spacial score (nSPS) is 15.8. The van der Waals surface area contributed by atoms with E-state index in [1.54, 1.807) is 0 Å². The first kappa shape index (κ1) is 10.6. The van der Waals surface area contributed by atoms with E-state index >= 15 is 0 Å². The maximum atomic E-state index is 10.1. The van der Waals surface area contributed by atoms with Crippen molar-refractivity contribution in [2.24, 2.45) is 5.73 Å². The highest BCUT2D eigenvalue weighted by Gasteiger charge is 2.10. The number of hydrogen-bond donors (Lipinski definition) is 3. The highest BCUT2D eigenvalue weighted by Crippen LogP contribution is 2.14. The van der Waals surface area contributed by atoms with E-state index in [0.29, 0.717) is 0 Å². The van der Waals surface area contributed by atoms with Gasteiger partial charge in [-0.05, 0) is 6.42 Å². The van der Waals surface area contributed by atoms with Gasteiger partial charge in [0.25, 0.3) is 0 Å². The summed E-state index contributed by atoms with van der Waals surface area (Å²) in [4.78, 5) is 18.2. The van der Waals surface area contributed by atoms with E-state index in [1.807, 2.05) is 0 Å². The molecule has 0 spiro atoms. The molecule has 66 valence electrons. The van der Waals surface area contributed by atoms with Crippen LogP contribution >= 0.6 is 8.25 Å². The zero-order chi connectivity index (χ0) is 8.85. The molecular weight excluding hydrogens is 173 g/mol. The molecule has 0 radical (unpaired) electrons. The number of carbonyl (C=O) groups is 1. The average Bonchev–Trinajstić information content (AvgIpc) is 1.86. The van der Waals surface area contributed by atoms with Crippen molar-refractivity contribution in [1.29, 1.82) is 0 Å². The molecule has 1 unspecified atom stereocenters. The summed E-state index contributed by atoms with van der Waals surface area (Å²) in [6.07, 6.45) is 0.0340. The second kappa shape index (κ2) is 5.26. The third-order valence-electron chi connectivity index (χ3n) is 0.972. The van der Waals surface area contributed by atoms with Gasteiger partial charge in [-0.15, -0.1) is 0 Å². The molecule has 0 bridgehead atoms. The maximum absolute atomic E-state index is 10.1. The Morgan fingerprint density at radius 1 is 1.73 bits per heavy atom. The van der Waals surface area contributed by atoms with E-state index in [9.17, 15) is 9.36 Å². The molecule has 0 aliphatic rings. The third-order valence-corrected chi connectivity index (χ3v) is 1.42. The van der Waals surface area contributed by atoms with Crippen LogP contribution in [0.25, 0.3) is 0 Å². The molecule has 6 nitrogen and oxygen atoms in total. The zero-order valence-electron chi connectivity index (χ0n) is 5.69. The molecule has 0 aliphatic carbocycles. The van der Waals surface area contributed by atoms with Gasteiger partial charge in [-0.1, -0.05) is 0 Å². The van der Waals surface area contributed by atoms with Crippen molar-refractivity contribution in [3.05, 3.63) is 0 Å². The lowest BCUT2D eigenvalue weighted by atomic mass is 10.2. The van der Waals surface area contributed by atoms with Gasteiger partial charge in [-0.2, -0.15) is 0 Å². The minimum absolute atomic E-state index is 0.0340. The molecule has 0 fully saturated rings. The second-order valence-corrected chi connectivity index (χ2v) is 2.67. The molecule has 0 saturated carbocycles. The summed E-state index contributed by atoms with van der Waals surface area (Å²) in [6, 6.07) is -1.03. The Kier molecular flexibility index (Phi) is 5.06. The number of nitrogens with two attached hydrogens (primary N) is 1. The van der Waals surface area contributed by atoms with Crippen molar-refractivity contribution in [2.45, 2.75) is 12.5 Å². The Hall–Kier alpha value is -0.420. The molecular formula is C4H10NO5P. The summed E-state index contributed by atoms with van der Waals surface area (Å²) in [6.45, 7) is -0.109. The van der Waals surface area contributed by atoms with Gasteiger partial charge in [0.15, 0.2) is 0 Å². The van der Waals surface area contributed by atoms with Crippen LogP contribution in [0.3, 0.4) is 0 Å². The van der Waals surface area contributed by atoms with Crippen LogP contribution in [0.4, 0.5) is 0 Å². The van der Waals surface area contributed by atoms with Crippen LogP contribution in [0.5, 0.6) is 0 Å². The topological polar surface area (TPSA) is 110 Å². The van der Waals surface area contributed by atoms with E-state index in [1.165, 1.54) is 0 Å². The molecule has 2 atom stereocenters. The molecule has 11 heavy (non-hydrogen) atoms. The Labute approximate surface area is 63.9 Å². The summed E-state index contributed by atoms with van der Waals surface area (Å²) < 4.78 is 14.1. The van der Waals surface area contributed by atoms with Crippen molar-refractivity contribution in [2.75, 3.05) is 6.61 Å². The monoisotopic (exact) mass is 183 g/mol. The molecule has 0 aromatic heterocycles. The lowest BCUT2D eigenvalue weighted by Gasteiger charge is -2.04. The lowest BCUT2D eigenvalue weighted by Crippen LogP contribution is -2.30. The van der Waals surface area contributed by atoms with Gasteiger partial charge in [-0.25, -0.2) is 0 Å². The first-order valence-corrected chi connectivity index (χ1v) is 4.14. The van der Waals surface area contributed by atoms with Crippen molar-refractivity contribution < 1.29 is 23.9 Å². The van der Waals surface area contributed by atoms with E-state index in [-0.39, 0.29) is 13.0 Å². The Morgan fingerprint density at radius 2 is 2.27 bits per heavy atom. The van der Waals surface area contributed by atoms with Gasteiger partial charge >= 0.3 is 14.2 Å². The fourth-order valence-corrected chi connectivity index (χ4v) is 0.689. The number of carboxylic acids is 1. The van der Waals surface area contributed by atoms with Crippen molar-refractivity contribution >= 4 is 14.2 Å². The highest BCUT2D eigenvalue weighted by atomic mass is 31.1. The number of carboxylic acid groups (broad SMARTS) is 1. The minimum atomic E-state index is -2.95. The van der Waals surface area contributed by atoms with Crippen LogP contribution in [-0.2, 0) is 13.9 Å². The standard InChI is InChI=1S/C4H10NO5P/c5-3(4(6)7)1-2-10-11(8)9/h3,11H,1-2,5H2,(H,6,7)(H,8,9)/t3-/m0/s1. The lowest BCUT2D eigenvalue weighted by molar-refractivity contribution is -0.138. The van der Waals surface area contributed by atoms with Crippen LogP contribution in [0.15, 0.2) is 0 Å². The SMILES string of the molecule is N[C@@H](CCO[PH](=O)O)C(=O)O. The van der Waals surface area contributed by atoms with Crippen LogP contribution < -0.4 is 5.73 Å². The third kappa shape index (κ3) is 6.00. The van der Waals surface area contributed by atoms with Gasteiger partial charge in [0.2, 0.25) is 0 Å². The van der Waals surface area contributed by atoms with E-state index in [2.05, 4.69) is 4.52 Å². The number of aliphatic carboxylic acids is 1. The van der Waals surface area contributed by atoms with Gasteiger partial charge in [0.1, 0.15) is 6.04 Å². The molecule has 0 aromatic carbocycles. The minimum Gasteiger partial charge on any atom is -0.480 e. The van der Waals surface area contributed by atoms with Crippen LogP contribution in [0.1, 0.15) is 6.42 Å². The summed E-state index contributed by atoms with van der Waals surface area (Å²) in [7, 11) is -2.95. The largest absolute Gasteiger partial charge is 0.480 e. The first-order valence-electron chi connectivity index (χ1n) is 2.88. The van der Waals surface area contributed by atoms with Gasteiger partial charge in [-0.3, -0.25) is 9.36 Å². The van der Waals surface area contributed by atoms with E-state index < -0.39 is 20.3 Å². The molecule has 0 heterocycles. The second-order valence-electron chi connectivity index (χ2n) is 1.85. The smallest absolute Gasteiger partial charge is 0.320 e. The predicted octanol–water partition coefficient (Wildman–Crippen LogP) is -0.813. The van der Waals surface area contributed by atoms with Gasteiger partial charge in [0.05, 0.1) is 6.61 Å². The molecule has 0 saturated heterocycles. The number of rotatable bonds is 5. The Morgan fingerprint density at radius 3 is 2.64 bits per heavy atom. The van der Waals surface area contributed by atoms with Gasteiger partial charge < -0.3 is 20.3 Å². The quantitative estimate of drug-likeness (QED) is 0.480. The summed E-state index contributed by atoms with van der Waals surface area (Å²) >= 11 is 0. The molecule has 7 heteroatoms. The Bertz CT molecular complexity index is 161. The maximum Gasteiger partial charge on any atom is 0.320 e. The molecule has 0 aromatic rings. The number of hydrogen-bond acceptors (Lipinski definition) is 4. The van der Waals surface area contributed by atoms with Crippen molar-refractivity contribution in [1.82, 2.24) is 0 Å². The highest BCUT2D eigenvalue weighted by molar-refractivity contribution is 7.32. The van der Waals surface area contributed by atoms with Crippen molar-refractivity contribution in [3.63, 3.8) is 0 Å². The summed E-state index contributed by atoms with van der Waals surface area (Å²) in [5, 5.41) is 8.23. The summed E-state index contributed by atoms with van der Waals surface area (Å²) in [5.74, 6) is -1.15. The van der Waals surface area contributed by atoms with Crippen LogP contribution in [0, 0.1) is 0 Å². The zero-order valence-corrected chi connectivity index (χ0v) is 6.69. The summed E-state index contributed by atoms with van der Waals surface area (Å²) in [5.41, 5.74) is 5.05. The van der Waals surface area contributed by atoms with Gasteiger partial charge in [0, 0.05) is 0 Å². The van der Waals surface area contributed by atoms with Crippen LogP contribution in [0.2, 0.25) is 0 Å². The van der Waals surface area contributed by atoms with E-state index in [0.717, 1.165) is 0 Å². The fraction of sp³-hybridized carbons (Fsp3) is 0.750. The fourth-order valence-electron chi connectivity index (χ4n) is 0.397. The molecule has 4 N–H and O–H groups in total. The van der Waals surface area contributed by atoms with Crippen LogP contribution in [-0.4, -0.2) is 28.6 Å². The Balaban J connectivity index is 3.39. The average molecular weight is 183 g/mol. The van der Waals surface area contributed by atoms with Crippen molar-refractivity contribution in [3.8, 4) is 0 Å². The molecule has 0 rings (SSSR count). The van der Waals surface area contributed by atoms with E-state index in [4.69, 9.17) is 15.7 Å².